The molecule has 0 saturated heterocycles. The molecule has 0 amide bonds. The smallest absolute Gasteiger partial charge is 0.195 e. The molecular formula is C24H10Br2O2. The molecule has 0 fully saturated rings. The SMILES string of the molecule is O=C1c2ccccc2-c2ccc3c4c(ccc1c24)-c1ccc(Br)c(Br)c1C3=O. The number of hydrogen-bond acceptors (Lipinski definition) is 2. The van der Waals surface area contributed by atoms with Gasteiger partial charge in [0.05, 0.1) is 0 Å². The van der Waals surface area contributed by atoms with Gasteiger partial charge in [0.2, 0.25) is 0 Å². The van der Waals surface area contributed by atoms with E-state index in [2.05, 4.69) is 31.9 Å². The second-order valence-corrected chi connectivity index (χ2v) is 8.71. The van der Waals surface area contributed by atoms with Crippen LogP contribution in [-0.2, 0) is 0 Å². The van der Waals surface area contributed by atoms with Crippen molar-refractivity contribution in [3.63, 3.8) is 0 Å². The molecule has 2 aliphatic rings. The number of carbonyl (C=O) groups excluding carboxylic acids is 2. The molecule has 2 aliphatic carbocycles. The lowest BCUT2D eigenvalue weighted by molar-refractivity contribution is 0.103. The van der Waals surface area contributed by atoms with E-state index < -0.39 is 0 Å². The molecule has 0 saturated carbocycles. The molecule has 28 heavy (non-hydrogen) atoms. The first-order valence-corrected chi connectivity index (χ1v) is 10.4. The van der Waals surface area contributed by atoms with Gasteiger partial charge in [-0.05, 0) is 72.3 Å². The Morgan fingerprint density at radius 1 is 0.500 bits per heavy atom. The minimum Gasteiger partial charge on any atom is -0.289 e. The van der Waals surface area contributed by atoms with Crippen molar-refractivity contribution in [3.05, 3.63) is 91.9 Å². The fourth-order valence-electron chi connectivity index (χ4n) is 4.52. The van der Waals surface area contributed by atoms with Gasteiger partial charge in [-0.15, -0.1) is 0 Å². The normalized spacial score (nSPS) is 13.5. The van der Waals surface area contributed by atoms with E-state index in [1.54, 1.807) is 0 Å². The highest BCUT2D eigenvalue weighted by Gasteiger charge is 2.33. The van der Waals surface area contributed by atoms with Gasteiger partial charge in [-0.3, -0.25) is 9.59 Å². The molecule has 0 spiro atoms. The van der Waals surface area contributed by atoms with Crippen molar-refractivity contribution in [2.45, 2.75) is 0 Å². The second kappa shape index (κ2) is 5.49. The third-order valence-corrected chi connectivity index (χ3v) is 7.74. The van der Waals surface area contributed by atoms with E-state index in [1.165, 1.54) is 0 Å². The molecule has 4 aromatic carbocycles. The summed E-state index contributed by atoms with van der Waals surface area (Å²) in [5.41, 5.74) is 6.51. The monoisotopic (exact) mass is 488 g/mol. The van der Waals surface area contributed by atoms with E-state index in [9.17, 15) is 9.59 Å². The van der Waals surface area contributed by atoms with Crippen molar-refractivity contribution in [2.75, 3.05) is 0 Å². The van der Waals surface area contributed by atoms with Crippen LogP contribution in [0, 0.1) is 0 Å². The van der Waals surface area contributed by atoms with Crippen LogP contribution in [0.25, 0.3) is 33.0 Å². The number of halogens is 2. The van der Waals surface area contributed by atoms with Gasteiger partial charge in [0.1, 0.15) is 0 Å². The highest BCUT2D eigenvalue weighted by atomic mass is 79.9. The van der Waals surface area contributed by atoms with E-state index in [1.807, 2.05) is 60.7 Å². The van der Waals surface area contributed by atoms with E-state index >= 15 is 0 Å². The van der Waals surface area contributed by atoms with Gasteiger partial charge in [0, 0.05) is 42.0 Å². The van der Waals surface area contributed by atoms with Gasteiger partial charge >= 0.3 is 0 Å². The van der Waals surface area contributed by atoms with Crippen LogP contribution in [0.2, 0.25) is 0 Å². The average Bonchev–Trinajstić information content (AvgIpc) is 2.72. The maximum Gasteiger partial charge on any atom is 0.195 e. The average molecular weight is 490 g/mol. The molecule has 4 aromatic rings. The first-order chi connectivity index (χ1) is 13.6. The Labute approximate surface area is 177 Å². The minimum absolute atomic E-state index is 0.0158. The fraction of sp³-hybridized carbons (Fsp3) is 0. The topological polar surface area (TPSA) is 34.1 Å². The van der Waals surface area contributed by atoms with Crippen molar-refractivity contribution < 1.29 is 9.59 Å². The summed E-state index contributed by atoms with van der Waals surface area (Å²) in [6.07, 6.45) is 0. The van der Waals surface area contributed by atoms with Crippen LogP contribution in [-0.4, -0.2) is 11.6 Å². The molecule has 0 aliphatic heterocycles. The van der Waals surface area contributed by atoms with Gasteiger partial charge in [-0.1, -0.05) is 42.5 Å². The second-order valence-electron chi connectivity index (χ2n) is 7.06. The largest absolute Gasteiger partial charge is 0.289 e. The maximum absolute atomic E-state index is 13.4. The standard InChI is InChI=1S/C24H10Br2O2/c25-18-10-9-14-13-6-7-16-19-12(11-3-1-2-4-15(11)23(16)27)5-8-17(20(13)19)24(28)21(14)22(18)26/h1-10H. The van der Waals surface area contributed by atoms with Crippen LogP contribution < -0.4 is 0 Å². The lowest BCUT2D eigenvalue weighted by Gasteiger charge is -2.26. The zero-order chi connectivity index (χ0) is 19.2. The fourth-order valence-corrected chi connectivity index (χ4v) is 5.37. The molecule has 0 bridgehead atoms. The van der Waals surface area contributed by atoms with Crippen LogP contribution in [0.5, 0.6) is 0 Å². The highest BCUT2D eigenvalue weighted by Crippen LogP contribution is 2.49. The molecule has 0 atom stereocenters. The van der Waals surface area contributed by atoms with Gasteiger partial charge in [0.25, 0.3) is 0 Å². The van der Waals surface area contributed by atoms with Crippen molar-refractivity contribution in [3.8, 4) is 22.3 Å². The predicted octanol–water partition coefficient (Wildman–Crippen LogP) is 6.79. The Morgan fingerprint density at radius 2 is 1.04 bits per heavy atom. The molecule has 2 nitrogen and oxygen atoms in total. The summed E-state index contributed by atoms with van der Waals surface area (Å²) < 4.78 is 1.60. The molecule has 0 N–H and O–H groups in total. The molecule has 0 unspecified atom stereocenters. The Bertz CT molecular complexity index is 1420. The molecule has 4 heteroatoms. The van der Waals surface area contributed by atoms with Gasteiger partial charge < -0.3 is 0 Å². The Morgan fingerprint density at radius 3 is 1.75 bits per heavy atom. The number of hydrogen-bond donors (Lipinski definition) is 0. The number of rotatable bonds is 0. The van der Waals surface area contributed by atoms with E-state index in [0.29, 0.717) is 22.3 Å². The van der Waals surface area contributed by atoms with E-state index in [0.717, 1.165) is 42.0 Å². The molecule has 0 aromatic heterocycles. The predicted molar refractivity (Wildman–Crippen MR) is 117 cm³/mol. The van der Waals surface area contributed by atoms with Crippen LogP contribution >= 0.6 is 31.9 Å². The molecule has 0 heterocycles. The molecule has 6 rings (SSSR count). The summed E-state index contributed by atoms with van der Waals surface area (Å²) in [6, 6.07) is 19.3. The minimum atomic E-state index is -0.0225. The Hall–Kier alpha value is -2.56. The third-order valence-electron chi connectivity index (χ3n) is 5.72. The Balaban J connectivity index is 1.83. The molecular weight excluding hydrogens is 480 g/mol. The molecule has 132 valence electrons. The Kier molecular flexibility index (Phi) is 3.22. The van der Waals surface area contributed by atoms with Gasteiger partial charge in [0.15, 0.2) is 11.6 Å². The van der Waals surface area contributed by atoms with Crippen LogP contribution in [0.4, 0.5) is 0 Å². The van der Waals surface area contributed by atoms with Crippen LogP contribution in [0.3, 0.4) is 0 Å². The van der Waals surface area contributed by atoms with Gasteiger partial charge in [-0.25, -0.2) is 0 Å². The van der Waals surface area contributed by atoms with Crippen LogP contribution in [0.15, 0.2) is 69.6 Å². The van der Waals surface area contributed by atoms with Crippen molar-refractivity contribution in [1.29, 1.82) is 0 Å². The first kappa shape index (κ1) is 16.4. The molecule has 0 radical (unpaired) electrons. The van der Waals surface area contributed by atoms with Gasteiger partial charge in [-0.2, -0.15) is 0 Å². The highest BCUT2D eigenvalue weighted by molar-refractivity contribution is 9.13. The van der Waals surface area contributed by atoms with Crippen molar-refractivity contribution >= 4 is 54.2 Å². The van der Waals surface area contributed by atoms with E-state index in [4.69, 9.17) is 0 Å². The van der Waals surface area contributed by atoms with Crippen molar-refractivity contribution in [2.24, 2.45) is 0 Å². The third kappa shape index (κ3) is 1.87. The lowest BCUT2D eigenvalue weighted by atomic mass is 9.76. The quantitative estimate of drug-likeness (QED) is 0.235. The summed E-state index contributed by atoms with van der Waals surface area (Å²) in [7, 11) is 0. The zero-order valence-corrected chi connectivity index (χ0v) is 17.5. The number of fused-ring (bicyclic) bond motifs is 4. The van der Waals surface area contributed by atoms with E-state index in [-0.39, 0.29) is 11.6 Å². The maximum atomic E-state index is 13.4. The summed E-state index contributed by atoms with van der Waals surface area (Å²) in [6.45, 7) is 0. The van der Waals surface area contributed by atoms with Crippen molar-refractivity contribution in [1.82, 2.24) is 0 Å². The lowest BCUT2D eigenvalue weighted by Crippen LogP contribution is -2.15. The first-order valence-electron chi connectivity index (χ1n) is 8.85. The number of ketones is 2. The number of carbonyl (C=O) groups is 2. The van der Waals surface area contributed by atoms with Crippen LogP contribution in [0.1, 0.15) is 31.8 Å². The summed E-state index contributed by atoms with van der Waals surface area (Å²) in [4.78, 5) is 26.5. The summed E-state index contributed by atoms with van der Waals surface area (Å²) in [5.74, 6) is -0.00675. The summed E-state index contributed by atoms with van der Waals surface area (Å²) >= 11 is 7.07. The number of benzene rings is 4. The zero-order valence-electron chi connectivity index (χ0n) is 14.3. The summed E-state index contributed by atoms with van der Waals surface area (Å²) in [5, 5.41) is 1.77.